The third-order valence-electron chi connectivity index (χ3n) is 1.76. The minimum Gasteiger partial charge on any atom is -0.490 e. The van der Waals surface area contributed by atoms with Crippen molar-refractivity contribution >= 4 is 12.2 Å². The average Bonchev–Trinajstić information content (AvgIpc) is 2.25. The van der Waals surface area contributed by atoms with E-state index in [4.69, 9.17) is 4.74 Å². The third-order valence-corrected chi connectivity index (χ3v) is 1.76. The topological polar surface area (TPSA) is 78.7 Å². The van der Waals surface area contributed by atoms with Gasteiger partial charge in [-0.3, -0.25) is 14.9 Å². The van der Waals surface area contributed by atoms with Gasteiger partial charge in [0.1, 0.15) is 6.61 Å². The number of nitro benzene ring substituents is 1. The normalized spacial score (nSPS) is 9.40. The van der Waals surface area contributed by atoms with Gasteiger partial charge in [0.05, 0.1) is 12.0 Å². The number of benzene rings is 1. The lowest BCUT2D eigenvalue weighted by Crippen LogP contribution is -1.96. The standard InChI is InChI=1S/C9H9NO5/c1-14-9-3-2-7(5-15-6-11)4-8(9)10(12)13/h2-4,6H,5H2,1H3. The molecular formula is C9H9NO5. The summed E-state index contributed by atoms with van der Waals surface area (Å²) >= 11 is 0. The van der Waals surface area contributed by atoms with Gasteiger partial charge in [-0.25, -0.2) is 0 Å². The monoisotopic (exact) mass is 211 g/mol. The van der Waals surface area contributed by atoms with Gasteiger partial charge >= 0.3 is 5.69 Å². The Morgan fingerprint density at radius 1 is 1.53 bits per heavy atom. The minimum absolute atomic E-state index is 0.00827. The van der Waals surface area contributed by atoms with E-state index in [2.05, 4.69) is 4.74 Å². The summed E-state index contributed by atoms with van der Waals surface area (Å²) in [5, 5.41) is 10.6. The van der Waals surface area contributed by atoms with E-state index >= 15 is 0 Å². The Labute approximate surface area is 85.6 Å². The first-order valence-electron chi connectivity index (χ1n) is 4.05. The van der Waals surface area contributed by atoms with Crippen LogP contribution in [0, 0.1) is 10.1 Å². The van der Waals surface area contributed by atoms with Gasteiger partial charge in [-0.2, -0.15) is 0 Å². The van der Waals surface area contributed by atoms with Crippen LogP contribution in [0.1, 0.15) is 5.56 Å². The summed E-state index contributed by atoms with van der Waals surface area (Å²) in [5.74, 6) is 0.176. The lowest BCUT2D eigenvalue weighted by Gasteiger charge is -2.03. The van der Waals surface area contributed by atoms with Crippen LogP contribution in [0.5, 0.6) is 5.75 Å². The van der Waals surface area contributed by atoms with Crippen molar-refractivity contribution in [3.05, 3.63) is 33.9 Å². The molecule has 0 N–H and O–H groups in total. The number of rotatable bonds is 5. The summed E-state index contributed by atoms with van der Waals surface area (Å²) in [7, 11) is 1.35. The highest BCUT2D eigenvalue weighted by atomic mass is 16.6. The van der Waals surface area contributed by atoms with Crippen molar-refractivity contribution in [1.82, 2.24) is 0 Å². The van der Waals surface area contributed by atoms with Crippen LogP contribution in [-0.2, 0) is 16.1 Å². The Morgan fingerprint density at radius 2 is 2.27 bits per heavy atom. The zero-order chi connectivity index (χ0) is 11.3. The van der Waals surface area contributed by atoms with Gasteiger partial charge < -0.3 is 9.47 Å². The molecule has 15 heavy (non-hydrogen) atoms. The van der Waals surface area contributed by atoms with Gasteiger partial charge in [0.25, 0.3) is 6.47 Å². The highest BCUT2D eigenvalue weighted by molar-refractivity contribution is 5.48. The molecule has 6 heteroatoms. The van der Waals surface area contributed by atoms with E-state index in [1.165, 1.54) is 19.2 Å². The SMILES string of the molecule is COc1ccc(COC=O)cc1[N+](=O)[O-]. The predicted molar refractivity (Wildman–Crippen MR) is 50.5 cm³/mol. The molecule has 0 amide bonds. The lowest BCUT2D eigenvalue weighted by atomic mass is 10.2. The number of nitro groups is 1. The van der Waals surface area contributed by atoms with Gasteiger partial charge in [-0.1, -0.05) is 6.07 Å². The van der Waals surface area contributed by atoms with Crippen molar-refractivity contribution in [2.75, 3.05) is 7.11 Å². The molecule has 1 aromatic carbocycles. The fourth-order valence-electron chi connectivity index (χ4n) is 1.10. The number of hydrogen-bond acceptors (Lipinski definition) is 5. The molecule has 0 aliphatic heterocycles. The maximum atomic E-state index is 10.6. The Hall–Kier alpha value is -2.11. The molecule has 0 saturated carbocycles. The van der Waals surface area contributed by atoms with Crippen LogP contribution in [0.15, 0.2) is 18.2 Å². The summed E-state index contributed by atoms with van der Waals surface area (Å²) in [5.41, 5.74) is 0.388. The van der Waals surface area contributed by atoms with E-state index in [9.17, 15) is 14.9 Å². The summed E-state index contributed by atoms with van der Waals surface area (Å²) in [6.07, 6.45) is 0. The number of nitrogens with zero attached hydrogens (tertiary/aromatic N) is 1. The maximum absolute atomic E-state index is 10.6. The second-order valence-electron chi connectivity index (χ2n) is 2.67. The molecule has 0 unspecified atom stereocenters. The summed E-state index contributed by atoms with van der Waals surface area (Å²) in [6.45, 7) is 0.296. The van der Waals surface area contributed by atoms with E-state index in [1.807, 2.05) is 0 Å². The highest BCUT2D eigenvalue weighted by Crippen LogP contribution is 2.27. The Kier molecular flexibility index (Phi) is 3.61. The fraction of sp³-hybridized carbons (Fsp3) is 0.222. The molecule has 0 fully saturated rings. The maximum Gasteiger partial charge on any atom is 0.311 e. The molecule has 0 spiro atoms. The molecule has 0 heterocycles. The minimum atomic E-state index is -0.552. The number of hydrogen-bond donors (Lipinski definition) is 0. The summed E-state index contributed by atoms with van der Waals surface area (Å²) < 4.78 is 9.30. The van der Waals surface area contributed by atoms with Crippen LogP contribution in [0.25, 0.3) is 0 Å². The van der Waals surface area contributed by atoms with Crippen molar-refractivity contribution in [2.24, 2.45) is 0 Å². The number of methoxy groups -OCH3 is 1. The Balaban J connectivity index is 2.99. The van der Waals surface area contributed by atoms with Gasteiger partial charge in [-0.05, 0) is 11.6 Å². The molecular weight excluding hydrogens is 202 g/mol. The quantitative estimate of drug-likeness (QED) is 0.416. The molecule has 0 bridgehead atoms. The molecule has 6 nitrogen and oxygen atoms in total. The molecule has 80 valence electrons. The van der Waals surface area contributed by atoms with Crippen LogP contribution in [0.4, 0.5) is 5.69 Å². The van der Waals surface area contributed by atoms with E-state index in [0.717, 1.165) is 0 Å². The first-order chi connectivity index (χ1) is 7.19. The van der Waals surface area contributed by atoms with Crippen LogP contribution < -0.4 is 4.74 Å². The smallest absolute Gasteiger partial charge is 0.311 e. The zero-order valence-electron chi connectivity index (χ0n) is 8.00. The zero-order valence-corrected chi connectivity index (χ0v) is 8.00. The molecule has 0 aliphatic carbocycles. The van der Waals surface area contributed by atoms with Crippen LogP contribution in [-0.4, -0.2) is 18.5 Å². The Bertz CT molecular complexity index is 377. The molecule has 0 saturated heterocycles. The second kappa shape index (κ2) is 4.94. The molecule has 0 atom stereocenters. The van der Waals surface area contributed by atoms with Crippen molar-refractivity contribution in [2.45, 2.75) is 6.61 Å². The van der Waals surface area contributed by atoms with Gasteiger partial charge in [0.15, 0.2) is 5.75 Å². The molecule has 0 radical (unpaired) electrons. The van der Waals surface area contributed by atoms with Crippen molar-refractivity contribution < 1.29 is 19.2 Å². The first kappa shape index (κ1) is 11.0. The van der Waals surface area contributed by atoms with Crippen LogP contribution >= 0.6 is 0 Å². The van der Waals surface area contributed by atoms with E-state index in [1.54, 1.807) is 6.07 Å². The van der Waals surface area contributed by atoms with Crippen molar-refractivity contribution in [3.8, 4) is 5.75 Å². The molecule has 0 aliphatic rings. The number of ether oxygens (including phenoxy) is 2. The average molecular weight is 211 g/mol. The summed E-state index contributed by atoms with van der Waals surface area (Å²) in [6, 6.07) is 4.36. The van der Waals surface area contributed by atoms with Gasteiger partial charge in [0, 0.05) is 6.07 Å². The van der Waals surface area contributed by atoms with Crippen LogP contribution in [0.3, 0.4) is 0 Å². The van der Waals surface area contributed by atoms with Crippen LogP contribution in [0.2, 0.25) is 0 Å². The predicted octanol–water partition coefficient (Wildman–Crippen LogP) is 1.28. The lowest BCUT2D eigenvalue weighted by molar-refractivity contribution is -0.385. The van der Waals surface area contributed by atoms with Gasteiger partial charge in [-0.15, -0.1) is 0 Å². The summed E-state index contributed by atoms with van der Waals surface area (Å²) in [4.78, 5) is 20.0. The Morgan fingerprint density at radius 3 is 2.80 bits per heavy atom. The highest BCUT2D eigenvalue weighted by Gasteiger charge is 2.14. The number of carbonyl (C=O) groups excluding carboxylic acids is 1. The van der Waals surface area contributed by atoms with E-state index in [-0.39, 0.29) is 24.5 Å². The largest absolute Gasteiger partial charge is 0.490 e. The number of carbonyl (C=O) groups is 1. The fourth-order valence-corrected chi connectivity index (χ4v) is 1.10. The van der Waals surface area contributed by atoms with Gasteiger partial charge in [0.2, 0.25) is 0 Å². The van der Waals surface area contributed by atoms with Crippen molar-refractivity contribution in [3.63, 3.8) is 0 Å². The van der Waals surface area contributed by atoms with E-state index in [0.29, 0.717) is 5.56 Å². The third kappa shape index (κ3) is 2.67. The second-order valence-corrected chi connectivity index (χ2v) is 2.67. The molecule has 0 aromatic heterocycles. The van der Waals surface area contributed by atoms with E-state index < -0.39 is 4.92 Å². The molecule has 1 aromatic rings. The first-order valence-corrected chi connectivity index (χ1v) is 4.05. The van der Waals surface area contributed by atoms with Crippen molar-refractivity contribution in [1.29, 1.82) is 0 Å². The molecule has 1 rings (SSSR count).